The smallest absolute Gasteiger partial charge is 0.232 e. The molecule has 6 heteroatoms. The second kappa shape index (κ2) is 6.13. The Bertz CT molecular complexity index is 850. The van der Waals surface area contributed by atoms with E-state index in [0.717, 1.165) is 16.3 Å². The fourth-order valence-corrected chi connectivity index (χ4v) is 4.54. The molecular weight excluding hydrogens is 334 g/mol. The molecule has 0 bridgehead atoms. The van der Waals surface area contributed by atoms with Crippen LogP contribution in [0.2, 0.25) is 0 Å². The summed E-state index contributed by atoms with van der Waals surface area (Å²) in [4.78, 5) is 14.0. The Morgan fingerprint density at radius 3 is 2.61 bits per heavy atom. The number of benzene rings is 2. The van der Waals surface area contributed by atoms with Gasteiger partial charge in [-0.1, -0.05) is 36.4 Å². The molecule has 0 saturated carbocycles. The summed E-state index contributed by atoms with van der Waals surface area (Å²) >= 11 is 0. The van der Waals surface area contributed by atoms with Crippen LogP contribution in [-0.2, 0) is 13.8 Å². The molecule has 4 nitrogen and oxygen atoms in total. The molecule has 1 unspecified atom stereocenters. The van der Waals surface area contributed by atoms with Gasteiger partial charge in [0, 0.05) is 29.6 Å². The Morgan fingerprint density at radius 2 is 1.91 bits per heavy atom. The molecule has 0 aromatic heterocycles. The third-order valence-corrected chi connectivity index (χ3v) is 5.64. The summed E-state index contributed by atoms with van der Waals surface area (Å²) < 4.78 is 22.4. The van der Waals surface area contributed by atoms with E-state index in [1.165, 1.54) is 0 Å². The second-order valence-electron chi connectivity index (χ2n) is 6.10. The molecule has 1 saturated heterocycles. The number of hydrogen-bond acceptors (Lipinski definition) is 3. The van der Waals surface area contributed by atoms with Crippen molar-refractivity contribution in [2.24, 2.45) is 5.92 Å². The third-order valence-electron chi connectivity index (χ3n) is 4.40. The van der Waals surface area contributed by atoms with E-state index < -0.39 is 9.05 Å². The van der Waals surface area contributed by atoms with E-state index in [0.29, 0.717) is 6.54 Å². The maximum absolute atomic E-state index is 12.2. The van der Waals surface area contributed by atoms with Crippen LogP contribution in [-0.4, -0.2) is 31.5 Å². The summed E-state index contributed by atoms with van der Waals surface area (Å²) in [6.45, 7) is 2.40. The van der Waals surface area contributed by atoms with Crippen molar-refractivity contribution in [2.45, 2.75) is 19.4 Å². The lowest BCUT2D eigenvalue weighted by atomic mass is 10.0. The van der Waals surface area contributed by atoms with Crippen LogP contribution in [0.25, 0.3) is 10.8 Å². The van der Waals surface area contributed by atoms with Crippen molar-refractivity contribution in [3.05, 3.63) is 48.0 Å². The molecule has 122 valence electrons. The number of carbonyl (C=O) groups is 1. The van der Waals surface area contributed by atoms with Crippen LogP contribution in [0.15, 0.2) is 42.5 Å². The summed E-state index contributed by atoms with van der Waals surface area (Å²) in [5, 5.41) is 2.28. The van der Waals surface area contributed by atoms with E-state index in [1.54, 1.807) is 4.90 Å². The van der Waals surface area contributed by atoms with Crippen LogP contribution in [0.1, 0.15) is 24.9 Å². The third kappa shape index (κ3) is 3.67. The van der Waals surface area contributed by atoms with Gasteiger partial charge < -0.3 is 4.90 Å². The molecule has 0 aliphatic carbocycles. The summed E-state index contributed by atoms with van der Waals surface area (Å²) in [7, 11) is 1.73. The summed E-state index contributed by atoms with van der Waals surface area (Å²) in [5.41, 5.74) is 1.05. The lowest BCUT2D eigenvalue weighted by molar-refractivity contribution is -0.129. The van der Waals surface area contributed by atoms with Gasteiger partial charge >= 0.3 is 0 Å². The number of carbonyl (C=O) groups excluding carboxylic acids is 1. The number of amides is 1. The number of fused-ring (bicyclic) bond motifs is 1. The average molecular weight is 352 g/mol. The first-order chi connectivity index (χ1) is 10.8. The first kappa shape index (κ1) is 16.3. The van der Waals surface area contributed by atoms with Crippen molar-refractivity contribution < 1.29 is 13.2 Å². The van der Waals surface area contributed by atoms with Gasteiger partial charge in [0.25, 0.3) is 0 Å². The average Bonchev–Trinajstić information content (AvgIpc) is 2.84. The lowest BCUT2D eigenvalue weighted by Gasteiger charge is -2.25. The summed E-state index contributed by atoms with van der Waals surface area (Å²) in [5.74, 6) is -0.398. The number of likely N-dealkylation sites (tertiary alicyclic amines) is 1. The molecule has 1 aliphatic heterocycles. The van der Waals surface area contributed by atoms with Crippen molar-refractivity contribution in [2.75, 3.05) is 12.3 Å². The summed E-state index contributed by atoms with van der Waals surface area (Å²) in [6.07, 6.45) is 0.240. The monoisotopic (exact) mass is 351 g/mol. The van der Waals surface area contributed by atoms with E-state index in [1.807, 2.05) is 43.3 Å². The van der Waals surface area contributed by atoms with E-state index in [-0.39, 0.29) is 30.0 Å². The molecule has 1 aliphatic rings. The second-order valence-corrected chi connectivity index (χ2v) is 8.93. The van der Waals surface area contributed by atoms with E-state index >= 15 is 0 Å². The molecule has 0 radical (unpaired) electrons. The van der Waals surface area contributed by atoms with Gasteiger partial charge in [-0.3, -0.25) is 4.79 Å². The van der Waals surface area contributed by atoms with Crippen molar-refractivity contribution >= 4 is 36.4 Å². The van der Waals surface area contributed by atoms with E-state index in [4.69, 9.17) is 10.7 Å². The van der Waals surface area contributed by atoms with Gasteiger partial charge in [-0.05, 0) is 29.3 Å². The molecular formula is C17H18ClNO3S. The fraction of sp³-hybridized carbons (Fsp3) is 0.353. The van der Waals surface area contributed by atoms with E-state index in [2.05, 4.69) is 6.07 Å². The Labute approximate surface area is 140 Å². The van der Waals surface area contributed by atoms with Gasteiger partial charge in [0.2, 0.25) is 15.0 Å². The van der Waals surface area contributed by atoms with Gasteiger partial charge in [0.15, 0.2) is 0 Å². The van der Waals surface area contributed by atoms with Gasteiger partial charge in [-0.25, -0.2) is 8.42 Å². The molecule has 23 heavy (non-hydrogen) atoms. The van der Waals surface area contributed by atoms with Crippen molar-refractivity contribution in [1.29, 1.82) is 0 Å². The number of hydrogen-bond donors (Lipinski definition) is 0. The maximum Gasteiger partial charge on any atom is 0.232 e. The topological polar surface area (TPSA) is 54.5 Å². The van der Waals surface area contributed by atoms with Crippen LogP contribution in [0.3, 0.4) is 0 Å². The van der Waals surface area contributed by atoms with Crippen molar-refractivity contribution in [1.82, 2.24) is 4.90 Å². The molecule has 1 heterocycles. The van der Waals surface area contributed by atoms with Gasteiger partial charge in [-0.2, -0.15) is 0 Å². The molecule has 1 fully saturated rings. The number of halogens is 1. The standard InChI is InChI=1S/C17H18ClNO3S/c1-12(15-7-6-14-4-2-3-5-16(14)9-15)19-10-13(8-17(19)20)11-23(18,21)22/h2-7,9,12-13H,8,10-11H2,1H3/t12-,13?/m0/s1. The van der Waals surface area contributed by atoms with Crippen molar-refractivity contribution in [3.8, 4) is 0 Å². The highest BCUT2D eigenvalue weighted by Gasteiger charge is 2.35. The van der Waals surface area contributed by atoms with Crippen LogP contribution in [0, 0.1) is 5.92 Å². The molecule has 2 atom stereocenters. The molecule has 3 rings (SSSR count). The minimum Gasteiger partial charge on any atom is -0.336 e. The van der Waals surface area contributed by atoms with Crippen LogP contribution in [0.4, 0.5) is 0 Å². The van der Waals surface area contributed by atoms with E-state index in [9.17, 15) is 13.2 Å². The Balaban J connectivity index is 1.81. The SMILES string of the molecule is C[C@@H](c1ccc2ccccc2c1)N1CC(CS(=O)(=O)Cl)CC1=O. The molecule has 1 amide bonds. The zero-order valence-electron chi connectivity index (χ0n) is 12.8. The highest BCUT2D eigenvalue weighted by atomic mass is 35.7. The van der Waals surface area contributed by atoms with Gasteiger partial charge in [-0.15, -0.1) is 0 Å². The highest BCUT2D eigenvalue weighted by Crippen LogP contribution is 2.31. The first-order valence-corrected chi connectivity index (χ1v) is 10.0. The van der Waals surface area contributed by atoms with Gasteiger partial charge in [0.1, 0.15) is 0 Å². The fourth-order valence-electron chi connectivity index (χ4n) is 3.22. The quantitative estimate of drug-likeness (QED) is 0.794. The molecule has 0 N–H and O–H groups in total. The Kier molecular flexibility index (Phi) is 4.34. The van der Waals surface area contributed by atoms with Gasteiger partial charge in [0.05, 0.1) is 11.8 Å². The predicted octanol–water partition coefficient (Wildman–Crippen LogP) is 3.32. The minimum absolute atomic E-state index is 0.0176. The van der Waals surface area contributed by atoms with Crippen LogP contribution in [0.5, 0.6) is 0 Å². The zero-order chi connectivity index (χ0) is 16.6. The first-order valence-electron chi connectivity index (χ1n) is 7.54. The number of nitrogens with zero attached hydrogens (tertiary/aromatic N) is 1. The molecule has 2 aromatic rings. The molecule has 2 aromatic carbocycles. The predicted molar refractivity (Wildman–Crippen MR) is 91.8 cm³/mol. The van der Waals surface area contributed by atoms with Crippen LogP contribution >= 0.6 is 10.7 Å². The molecule has 0 spiro atoms. The summed E-state index contributed by atoms with van der Waals surface area (Å²) in [6, 6.07) is 14.1. The number of rotatable bonds is 4. The zero-order valence-corrected chi connectivity index (χ0v) is 14.3. The highest BCUT2D eigenvalue weighted by molar-refractivity contribution is 8.13. The largest absolute Gasteiger partial charge is 0.336 e. The Morgan fingerprint density at radius 1 is 1.22 bits per heavy atom. The maximum atomic E-state index is 12.2. The Hall–Kier alpha value is -1.59. The van der Waals surface area contributed by atoms with Crippen LogP contribution < -0.4 is 0 Å². The van der Waals surface area contributed by atoms with Crippen molar-refractivity contribution in [3.63, 3.8) is 0 Å². The lowest BCUT2D eigenvalue weighted by Crippen LogP contribution is -2.29. The minimum atomic E-state index is -3.58. The normalized spacial score (nSPS) is 20.2.